The second kappa shape index (κ2) is 8.85. The number of para-hydroxylation sites is 1. The summed E-state index contributed by atoms with van der Waals surface area (Å²) in [5, 5.41) is 13.7. The fourth-order valence-corrected chi connectivity index (χ4v) is 4.04. The lowest BCUT2D eigenvalue weighted by Gasteiger charge is -2.18. The fraction of sp³-hybridized carbons (Fsp3) is 0.0952. The number of non-ortho nitro benzene ring substituents is 1. The summed E-state index contributed by atoms with van der Waals surface area (Å²) in [5.74, 6) is -0.533. The average molecular weight is 425 g/mol. The molecule has 0 fully saturated rings. The maximum absolute atomic E-state index is 12.7. The average Bonchev–Trinajstić information content (AvgIpc) is 2.74. The van der Waals surface area contributed by atoms with E-state index >= 15 is 0 Å². The highest BCUT2D eigenvalue weighted by Crippen LogP contribution is 2.27. The van der Waals surface area contributed by atoms with E-state index in [4.69, 9.17) is 0 Å². The molecule has 0 aliphatic heterocycles. The number of carbonyl (C=O) groups excluding carboxylic acids is 1. The molecule has 3 aromatic rings. The van der Waals surface area contributed by atoms with Gasteiger partial charge in [0.2, 0.25) is 15.9 Å². The molecule has 0 unspecified atom stereocenters. The van der Waals surface area contributed by atoms with Crippen LogP contribution in [0.2, 0.25) is 0 Å². The van der Waals surface area contributed by atoms with Crippen molar-refractivity contribution in [2.45, 2.75) is 4.90 Å². The van der Waals surface area contributed by atoms with Gasteiger partial charge in [0.15, 0.2) is 0 Å². The van der Waals surface area contributed by atoms with E-state index in [2.05, 4.69) is 5.32 Å². The lowest BCUT2D eigenvalue weighted by atomic mass is 10.0. The second-order valence-electron chi connectivity index (χ2n) is 6.48. The fourth-order valence-electron chi connectivity index (χ4n) is 2.88. The first-order chi connectivity index (χ1) is 14.3. The number of likely N-dealkylation sites (N-methyl/N-ethyl adjacent to an activating group) is 1. The van der Waals surface area contributed by atoms with Gasteiger partial charge < -0.3 is 5.32 Å². The number of hydrogen-bond donors (Lipinski definition) is 1. The Labute approximate surface area is 174 Å². The highest BCUT2D eigenvalue weighted by Gasteiger charge is 2.25. The number of nitro groups is 1. The van der Waals surface area contributed by atoms with E-state index in [1.165, 1.54) is 25.2 Å². The van der Waals surface area contributed by atoms with Crippen molar-refractivity contribution in [1.29, 1.82) is 0 Å². The van der Waals surface area contributed by atoms with Crippen LogP contribution in [-0.4, -0.2) is 37.1 Å². The Hall–Kier alpha value is -3.56. The summed E-state index contributed by atoms with van der Waals surface area (Å²) in [6.45, 7) is -0.450. The van der Waals surface area contributed by atoms with Crippen LogP contribution in [0.5, 0.6) is 0 Å². The minimum absolute atomic E-state index is 0.253. The van der Waals surface area contributed by atoms with Crippen LogP contribution in [0.3, 0.4) is 0 Å². The first-order valence-electron chi connectivity index (χ1n) is 8.94. The molecule has 154 valence electrons. The van der Waals surface area contributed by atoms with Crippen LogP contribution in [-0.2, 0) is 14.8 Å². The van der Waals surface area contributed by atoms with Gasteiger partial charge >= 0.3 is 0 Å². The first-order valence-corrected chi connectivity index (χ1v) is 10.4. The molecule has 1 amide bonds. The molecule has 0 saturated carbocycles. The zero-order chi connectivity index (χ0) is 21.7. The number of rotatable bonds is 7. The number of nitrogens with one attached hydrogen (secondary N) is 1. The number of nitrogens with zero attached hydrogens (tertiary/aromatic N) is 2. The smallest absolute Gasteiger partial charge is 0.270 e. The van der Waals surface area contributed by atoms with Gasteiger partial charge in [0.05, 0.1) is 16.4 Å². The minimum Gasteiger partial charge on any atom is -0.324 e. The standard InChI is InChI=1S/C21H19N3O5S/c1-23(30(28,29)18-11-7-10-17(14-18)24(26)27)15-21(25)22-20-13-6-5-12-19(20)16-8-3-2-4-9-16/h2-14H,15H2,1H3,(H,22,25). The zero-order valence-electron chi connectivity index (χ0n) is 16.1. The van der Waals surface area contributed by atoms with Crippen molar-refractivity contribution >= 4 is 27.3 Å². The lowest BCUT2D eigenvalue weighted by Crippen LogP contribution is -2.35. The molecule has 0 radical (unpaired) electrons. The number of sulfonamides is 1. The Kier molecular flexibility index (Phi) is 6.24. The largest absolute Gasteiger partial charge is 0.324 e. The lowest BCUT2D eigenvalue weighted by molar-refractivity contribution is -0.385. The van der Waals surface area contributed by atoms with E-state index in [0.717, 1.165) is 21.5 Å². The molecule has 0 aromatic heterocycles. The van der Waals surface area contributed by atoms with Gasteiger partial charge in [0.25, 0.3) is 5.69 Å². The summed E-state index contributed by atoms with van der Waals surface area (Å²) >= 11 is 0. The number of amides is 1. The van der Waals surface area contributed by atoms with Gasteiger partial charge in [0, 0.05) is 30.4 Å². The van der Waals surface area contributed by atoms with Crippen molar-refractivity contribution in [3.05, 3.63) is 89.0 Å². The molecule has 1 N–H and O–H groups in total. The maximum atomic E-state index is 12.7. The molecule has 0 saturated heterocycles. The Bertz CT molecular complexity index is 1180. The summed E-state index contributed by atoms with van der Waals surface area (Å²) in [5.41, 5.74) is 1.92. The van der Waals surface area contributed by atoms with Gasteiger partial charge in [-0.3, -0.25) is 14.9 Å². The molecule has 9 heteroatoms. The van der Waals surface area contributed by atoms with Gasteiger partial charge in [-0.25, -0.2) is 8.42 Å². The summed E-state index contributed by atoms with van der Waals surface area (Å²) in [6.07, 6.45) is 0. The van der Waals surface area contributed by atoms with Gasteiger partial charge in [-0.2, -0.15) is 4.31 Å². The van der Waals surface area contributed by atoms with Crippen LogP contribution in [0.15, 0.2) is 83.8 Å². The second-order valence-corrected chi connectivity index (χ2v) is 8.52. The molecule has 8 nitrogen and oxygen atoms in total. The Morgan fingerprint density at radius 3 is 2.37 bits per heavy atom. The molecule has 0 aliphatic carbocycles. The van der Waals surface area contributed by atoms with Gasteiger partial charge in [0.1, 0.15) is 0 Å². The summed E-state index contributed by atoms with van der Waals surface area (Å²) < 4.78 is 26.3. The highest BCUT2D eigenvalue weighted by atomic mass is 32.2. The number of nitro benzene ring substituents is 1. The summed E-state index contributed by atoms with van der Waals surface area (Å²) in [4.78, 5) is 22.5. The molecule has 0 heterocycles. The van der Waals surface area contributed by atoms with Crippen molar-refractivity contribution < 1.29 is 18.1 Å². The quantitative estimate of drug-likeness (QED) is 0.460. The summed E-state index contributed by atoms with van der Waals surface area (Å²) in [7, 11) is -2.83. The van der Waals surface area contributed by atoms with E-state index in [0.29, 0.717) is 5.69 Å². The van der Waals surface area contributed by atoms with E-state index in [1.54, 1.807) is 12.1 Å². The van der Waals surface area contributed by atoms with Gasteiger partial charge in [-0.1, -0.05) is 54.6 Å². The third kappa shape index (κ3) is 4.70. The minimum atomic E-state index is -4.08. The Balaban J connectivity index is 1.77. The zero-order valence-corrected chi connectivity index (χ0v) is 16.9. The third-order valence-corrected chi connectivity index (χ3v) is 6.19. The first kappa shape index (κ1) is 21.2. The van der Waals surface area contributed by atoms with Crippen molar-refractivity contribution in [2.24, 2.45) is 0 Å². The molecular formula is C21H19N3O5S. The van der Waals surface area contributed by atoms with Crippen LogP contribution in [0.25, 0.3) is 11.1 Å². The van der Waals surface area contributed by atoms with Crippen LogP contribution in [0.1, 0.15) is 0 Å². The molecule has 0 bridgehead atoms. The Morgan fingerprint density at radius 1 is 1.00 bits per heavy atom. The number of hydrogen-bond acceptors (Lipinski definition) is 5. The van der Waals surface area contributed by atoms with E-state index in [1.807, 2.05) is 42.5 Å². The van der Waals surface area contributed by atoms with Crippen LogP contribution in [0.4, 0.5) is 11.4 Å². The topological polar surface area (TPSA) is 110 Å². The molecule has 30 heavy (non-hydrogen) atoms. The normalized spacial score (nSPS) is 11.3. The van der Waals surface area contributed by atoms with Crippen molar-refractivity contribution in [1.82, 2.24) is 4.31 Å². The third-order valence-electron chi connectivity index (χ3n) is 4.39. The highest BCUT2D eigenvalue weighted by molar-refractivity contribution is 7.89. The predicted octanol–water partition coefficient (Wildman–Crippen LogP) is 3.52. The summed E-state index contributed by atoms with van der Waals surface area (Å²) in [6, 6.07) is 21.4. The van der Waals surface area contributed by atoms with E-state index in [9.17, 15) is 23.3 Å². The number of anilines is 1. The predicted molar refractivity (Wildman–Crippen MR) is 113 cm³/mol. The van der Waals surface area contributed by atoms with Crippen molar-refractivity contribution in [3.63, 3.8) is 0 Å². The monoisotopic (exact) mass is 425 g/mol. The van der Waals surface area contributed by atoms with Gasteiger partial charge in [-0.15, -0.1) is 0 Å². The molecule has 3 aromatic carbocycles. The molecule has 0 spiro atoms. The number of benzene rings is 3. The maximum Gasteiger partial charge on any atom is 0.270 e. The van der Waals surface area contributed by atoms with Gasteiger partial charge in [-0.05, 0) is 17.7 Å². The van der Waals surface area contributed by atoms with E-state index in [-0.39, 0.29) is 10.6 Å². The SMILES string of the molecule is CN(CC(=O)Nc1ccccc1-c1ccccc1)S(=O)(=O)c1cccc([N+](=O)[O-])c1. The molecule has 3 rings (SSSR count). The molecule has 0 atom stereocenters. The van der Waals surface area contributed by atoms with Crippen LogP contribution >= 0.6 is 0 Å². The Morgan fingerprint density at radius 2 is 1.67 bits per heavy atom. The number of carbonyl (C=O) groups is 1. The van der Waals surface area contributed by atoms with E-state index < -0.39 is 27.4 Å². The van der Waals surface area contributed by atoms with Crippen LogP contribution in [0, 0.1) is 10.1 Å². The molecule has 0 aliphatic rings. The van der Waals surface area contributed by atoms with Crippen LogP contribution < -0.4 is 5.32 Å². The van der Waals surface area contributed by atoms with Crippen molar-refractivity contribution in [2.75, 3.05) is 18.9 Å². The molecular weight excluding hydrogens is 406 g/mol. The van der Waals surface area contributed by atoms with Crippen molar-refractivity contribution in [3.8, 4) is 11.1 Å².